The molecule has 0 heterocycles. The first-order chi connectivity index (χ1) is 7.56. The summed E-state index contributed by atoms with van der Waals surface area (Å²) in [5, 5.41) is 21.9. The molecule has 0 bridgehead atoms. The maximum atomic E-state index is 10.1. The van der Waals surface area contributed by atoms with E-state index in [0.717, 1.165) is 11.1 Å². The average Bonchev–Trinajstić information content (AvgIpc) is 2.25. The molecule has 3 nitrogen and oxygen atoms in total. The summed E-state index contributed by atoms with van der Waals surface area (Å²) in [5.74, 6) is 0. The van der Waals surface area contributed by atoms with E-state index in [0.29, 0.717) is 6.54 Å². The maximum absolute atomic E-state index is 10.1. The molecule has 0 aliphatic rings. The van der Waals surface area contributed by atoms with Gasteiger partial charge >= 0.3 is 0 Å². The highest BCUT2D eigenvalue weighted by Gasteiger charge is 2.17. The Morgan fingerprint density at radius 1 is 1.31 bits per heavy atom. The standard InChI is InChI=1S/C13H21NO2/c1-9-4-5-12(10(2)8-9)13(16)11(3)14-6-7-15/h4-5,8,11,13-16H,6-7H2,1-3H3. The van der Waals surface area contributed by atoms with Gasteiger partial charge in [0.05, 0.1) is 12.7 Å². The fraction of sp³-hybridized carbons (Fsp3) is 0.538. The van der Waals surface area contributed by atoms with Gasteiger partial charge in [-0.3, -0.25) is 0 Å². The number of hydrogen-bond acceptors (Lipinski definition) is 3. The highest BCUT2D eigenvalue weighted by Crippen LogP contribution is 2.21. The zero-order valence-corrected chi connectivity index (χ0v) is 10.2. The van der Waals surface area contributed by atoms with Gasteiger partial charge in [0, 0.05) is 12.6 Å². The van der Waals surface area contributed by atoms with E-state index >= 15 is 0 Å². The Morgan fingerprint density at radius 3 is 2.56 bits per heavy atom. The number of hydrogen-bond donors (Lipinski definition) is 3. The van der Waals surface area contributed by atoms with Crippen LogP contribution in [0.2, 0.25) is 0 Å². The second-order valence-electron chi connectivity index (χ2n) is 4.27. The predicted molar refractivity (Wildman–Crippen MR) is 65.4 cm³/mol. The van der Waals surface area contributed by atoms with Crippen LogP contribution in [0.5, 0.6) is 0 Å². The molecule has 1 rings (SSSR count). The minimum atomic E-state index is -0.535. The van der Waals surface area contributed by atoms with Crippen molar-refractivity contribution in [3.63, 3.8) is 0 Å². The van der Waals surface area contributed by atoms with Gasteiger partial charge in [-0.15, -0.1) is 0 Å². The monoisotopic (exact) mass is 223 g/mol. The van der Waals surface area contributed by atoms with Crippen molar-refractivity contribution >= 4 is 0 Å². The molecule has 0 aliphatic heterocycles. The second-order valence-corrected chi connectivity index (χ2v) is 4.27. The minimum absolute atomic E-state index is 0.0615. The van der Waals surface area contributed by atoms with Crippen molar-refractivity contribution < 1.29 is 10.2 Å². The molecule has 0 aromatic heterocycles. The summed E-state index contributed by atoms with van der Waals surface area (Å²) in [6.45, 7) is 6.55. The van der Waals surface area contributed by atoms with Crippen molar-refractivity contribution in [3.05, 3.63) is 34.9 Å². The molecule has 0 amide bonds. The van der Waals surface area contributed by atoms with Crippen molar-refractivity contribution in [2.45, 2.75) is 32.9 Å². The van der Waals surface area contributed by atoms with Gasteiger partial charge in [-0.2, -0.15) is 0 Å². The van der Waals surface area contributed by atoms with Crippen molar-refractivity contribution in [2.24, 2.45) is 0 Å². The van der Waals surface area contributed by atoms with Gasteiger partial charge in [0.2, 0.25) is 0 Å². The lowest BCUT2D eigenvalue weighted by Crippen LogP contribution is -2.34. The summed E-state index contributed by atoms with van der Waals surface area (Å²) >= 11 is 0. The Bertz CT molecular complexity index is 339. The van der Waals surface area contributed by atoms with Crippen LogP contribution in [0.15, 0.2) is 18.2 Å². The van der Waals surface area contributed by atoms with E-state index in [1.807, 2.05) is 32.9 Å². The Balaban J connectivity index is 2.75. The van der Waals surface area contributed by atoms with Crippen molar-refractivity contribution in [3.8, 4) is 0 Å². The lowest BCUT2D eigenvalue weighted by molar-refractivity contribution is 0.131. The Hall–Kier alpha value is -0.900. The number of benzene rings is 1. The first kappa shape index (κ1) is 13.2. The van der Waals surface area contributed by atoms with E-state index in [4.69, 9.17) is 5.11 Å². The van der Waals surface area contributed by atoms with Gasteiger partial charge in [-0.25, -0.2) is 0 Å². The highest BCUT2D eigenvalue weighted by atomic mass is 16.3. The van der Waals surface area contributed by atoms with Crippen LogP contribution in [0.25, 0.3) is 0 Å². The smallest absolute Gasteiger partial charge is 0.0942 e. The molecule has 2 unspecified atom stereocenters. The molecule has 3 N–H and O–H groups in total. The fourth-order valence-electron chi connectivity index (χ4n) is 1.83. The Labute approximate surface area is 97.1 Å². The predicted octanol–water partition coefficient (Wildman–Crippen LogP) is 1.31. The summed E-state index contributed by atoms with van der Waals surface area (Å²) in [4.78, 5) is 0. The molecule has 2 atom stereocenters. The summed E-state index contributed by atoms with van der Waals surface area (Å²) in [5.41, 5.74) is 3.25. The number of aliphatic hydroxyl groups excluding tert-OH is 2. The summed E-state index contributed by atoms with van der Waals surface area (Å²) in [6.07, 6.45) is -0.535. The normalized spacial score (nSPS) is 14.8. The Morgan fingerprint density at radius 2 is 2.00 bits per heavy atom. The third kappa shape index (κ3) is 3.30. The van der Waals surface area contributed by atoms with Crippen LogP contribution in [0.3, 0.4) is 0 Å². The number of rotatable bonds is 5. The molecule has 0 aliphatic carbocycles. The third-order valence-electron chi connectivity index (χ3n) is 2.80. The summed E-state index contributed by atoms with van der Waals surface area (Å²) < 4.78 is 0. The number of nitrogens with one attached hydrogen (secondary N) is 1. The fourth-order valence-corrected chi connectivity index (χ4v) is 1.83. The van der Waals surface area contributed by atoms with E-state index in [9.17, 15) is 5.11 Å². The van der Waals surface area contributed by atoms with Gasteiger partial charge in [-0.1, -0.05) is 23.8 Å². The first-order valence-corrected chi connectivity index (χ1v) is 5.65. The van der Waals surface area contributed by atoms with Crippen LogP contribution in [0.1, 0.15) is 29.7 Å². The first-order valence-electron chi connectivity index (χ1n) is 5.65. The molecule has 0 radical (unpaired) electrons. The zero-order valence-electron chi connectivity index (χ0n) is 10.2. The Kier molecular flexibility index (Phi) is 4.93. The van der Waals surface area contributed by atoms with E-state index in [1.165, 1.54) is 5.56 Å². The van der Waals surface area contributed by atoms with Crippen molar-refractivity contribution in [1.29, 1.82) is 0 Å². The largest absolute Gasteiger partial charge is 0.395 e. The molecule has 0 saturated heterocycles. The van der Waals surface area contributed by atoms with E-state index < -0.39 is 6.10 Å². The molecule has 3 heteroatoms. The summed E-state index contributed by atoms with van der Waals surface area (Å²) in [7, 11) is 0. The van der Waals surface area contributed by atoms with Crippen LogP contribution >= 0.6 is 0 Å². The molecular weight excluding hydrogens is 202 g/mol. The van der Waals surface area contributed by atoms with Crippen LogP contribution in [-0.4, -0.2) is 29.4 Å². The molecule has 1 aromatic rings. The second kappa shape index (κ2) is 5.99. The van der Waals surface area contributed by atoms with E-state index in [1.54, 1.807) is 0 Å². The number of aryl methyl sites for hydroxylation is 2. The van der Waals surface area contributed by atoms with Gasteiger partial charge in [0.25, 0.3) is 0 Å². The van der Waals surface area contributed by atoms with Crippen LogP contribution in [0.4, 0.5) is 0 Å². The van der Waals surface area contributed by atoms with E-state index in [2.05, 4.69) is 11.4 Å². The lowest BCUT2D eigenvalue weighted by Gasteiger charge is -2.22. The molecule has 1 aromatic carbocycles. The molecular formula is C13H21NO2. The van der Waals surface area contributed by atoms with Gasteiger partial charge in [0.1, 0.15) is 0 Å². The molecule has 0 fully saturated rings. The third-order valence-corrected chi connectivity index (χ3v) is 2.80. The quantitative estimate of drug-likeness (QED) is 0.705. The minimum Gasteiger partial charge on any atom is -0.395 e. The average molecular weight is 223 g/mol. The molecule has 0 spiro atoms. The molecule has 0 saturated carbocycles. The maximum Gasteiger partial charge on any atom is 0.0942 e. The van der Waals surface area contributed by atoms with Crippen molar-refractivity contribution in [2.75, 3.05) is 13.2 Å². The van der Waals surface area contributed by atoms with Gasteiger partial charge < -0.3 is 15.5 Å². The van der Waals surface area contributed by atoms with Crippen LogP contribution in [-0.2, 0) is 0 Å². The van der Waals surface area contributed by atoms with Gasteiger partial charge in [0.15, 0.2) is 0 Å². The van der Waals surface area contributed by atoms with Gasteiger partial charge in [-0.05, 0) is 31.9 Å². The number of aliphatic hydroxyl groups is 2. The molecule has 90 valence electrons. The van der Waals surface area contributed by atoms with Crippen LogP contribution < -0.4 is 5.32 Å². The van der Waals surface area contributed by atoms with Crippen molar-refractivity contribution in [1.82, 2.24) is 5.32 Å². The lowest BCUT2D eigenvalue weighted by atomic mass is 9.97. The topological polar surface area (TPSA) is 52.5 Å². The van der Waals surface area contributed by atoms with E-state index in [-0.39, 0.29) is 12.6 Å². The SMILES string of the molecule is Cc1ccc(C(O)C(C)NCCO)c(C)c1. The van der Waals surface area contributed by atoms with Crippen LogP contribution in [0, 0.1) is 13.8 Å². The highest BCUT2D eigenvalue weighted by molar-refractivity contribution is 5.32. The summed E-state index contributed by atoms with van der Waals surface area (Å²) in [6, 6.07) is 5.97. The zero-order chi connectivity index (χ0) is 12.1. The molecule has 16 heavy (non-hydrogen) atoms.